The van der Waals surface area contributed by atoms with E-state index in [1.807, 2.05) is 90.7 Å². The van der Waals surface area contributed by atoms with Crippen molar-refractivity contribution < 1.29 is 9.59 Å². The summed E-state index contributed by atoms with van der Waals surface area (Å²) in [6, 6.07) is 29.2. The zero-order valence-electron chi connectivity index (χ0n) is 25.3. The second kappa shape index (κ2) is 13.9. The fraction of sp³-hybridized carbons (Fsp3) is 0.184. The van der Waals surface area contributed by atoms with E-state index in [0.29, 0.717) is 25.2 Å². The van der Waals surface area contributed by atoms with Gasteiger partial charge in [-0.25, -0.2) is 0 Å². The largest absolute Gasteiger partial charge is 0.336 e. The zero-order valence-corrected chi connectivity index (χ0v) is 25.3. The maximum Gasteiger partial charge on any atom is 0.247 e. The maximum atomic E-state index is 14.5. The van der Waals surface area contributed by atoms with Gasteiger partial charge in [-0.05, 0) is 53.3 Å². The summed E-state index contributed by atoms with van der Waals surface area (Å²) < 4.78 is 0. The molecule has 0 saturated carbocycles. The zero-order chi connectivity index (χ0) is 31.0. The van der Waals surface area contributed by atoms with Gasteiger partial charge in [0.2, 0.25) is 11.8 Å². The first kappa shape index (κ1) is 29.6. The van der Waals surface area contributed by atoms with Gasteiger partial charge in [0.1, 0.15) is 6.04 Å². The number of nitrogens with zero attached hydrogens (tertiary/aromatic N) is 5. The summed E-state index contributed by atoms with van der Waals surface area (Å²) in [5.74, 6) is -0.304. The normalized spacial score (nSPS) is 13.3. The lowest BCUT2D eigenvalue weighted by Gasteiger charge is -2.37. The molecule has 0 aliphatic carbocycles. The minimum absolute atomic E-state index is 0.0558. The molecule has 1 aliphatic heterocycles. The number of pyridine rings is 1. The molecule has 0 bridgehead atoms. The van der Waals surface area contributed by atoms with Crippen LogP contribution in [0.4, 0.5) is 0 Å². The molecule has 3 heterocycles. The van der Waals surface area contributed by atoms with Crippen LogP contribution in [0.3, 0.4) is 0 Å². The van der Waals surface area contributed by atoms with E-state index in [4.69, 9.17) is 0 Å². The number of carbonyl (C=O) groups is 2. The summed E-state index contributed by atoms with van der Waals surface area (Å²) in [5, 5.41) is 0. The predicted octanol–water partition coefficient (Wildman–Crippen LogP) is 6.09. The number of hydrogen-bond donors (Lipinski definition) is 0. The van der Waals surface area contributed by atoms with Crippen molar-refractivity contribution in [3.8, 4) is 11.3 Å². The van der Waals surface area contributed by atoms with Crippen molar-refractivity contribution in [3.05, 3.63) is 155 Å². The van der Waals surface area contributed by atoms with Crippen LogP contribution in [-0.2, 0) is 35.5 Å². The number of aryl methyl sites for hydroxylation is 1. The van der Waals surface area contributed by atoms with Crippen LogP contribution < -0.4 is 0 Å². The van der Waals surface area contributed by atoms with Gasteiger partial charge >= 0.3 is 0 Å². The third-order valence-corrected chi connectivity index (χ3v) is 8.16. The van der Waals surface area contributed by atoms with Crippen molar-refractivity contribution in [3.63, 3.8) is 0 Å². The van der Waals surface area contributed by atoms with Crippen LogP contribution in [0.5, 0.6) is 0 Å². The molecule has 1 aliphatic rings. The van der Waals surface area contributed by atoms with Crippen LogP contribution in [0, 0.1) is 6.92 Å². The quantitative estimate of drug-likeness (QED) is 0.194. The van der Waals surface area contributed by atoms with E-state index in [2.05, 4.69) is 27.1 Å². The van der Waals surface area contributed by atoms with E-state index in [9.17, 15) is 9.59 Å². The lowest BCUT2D eigenvalue weighted by atomic mass is 9.97. The Balaban J connectivity index is 1.34. The number of carbonyl (C=O) groups excluding carboxylic acids is 2. The lowest BCUT2D eigenvalue weighted by Crippen LogP contribution is -2.52. The molecule has 0 unspecified atom stereocenters. The monoisotopic (exact) mass is 593 g/mol. The topological polar surface area (TPSA) is 79.3 Å². The summed E-state index contributed by atoms with van der Waals surface area (Å²) in [7, 11) is 0. The Morgan fingerprint density at radius 3 is 2.36 bits per heavy atom. The fourth-order valence-corrected chi connectivity index (χ4v) is 5.66. The van der Waals surface area contributed by atoms with Gasteiger partial charge in [-0.15, -0.1) is 0 Å². The molecular weight excluding hydrogens is 558 g/mol. The maximum absolute atomic E-state index is 14.5. The molecule has 7 heteroatoms. The Hall–Kier alpha value is -5.43. The van der Waals surface area contributed by atoms with Gasteiger partial charge < -0.3 is 9.80 Å². The Morgan fingerprint density at radius 1 is 0.844 bits per heavy atom. The summed E-state index contributed by atoms with van der Waals surface area (Å²) in [6.07, 6.45) is 11.2. The first-order valence-corrected chi connectivity index (χ1v) is 15.2. The van der Waals surface area contributed by atoms with E-state index in [1.54, 1.807) is 35.8 Å². The van der Waals surface area contributed by atoms with Crippen molar-refractivity contribution in [1.82, 2.24) is 24.8 Å². The van der Waals surface area contributed by atoms with E-state index in [-0.39, 0.29) is 18.4 Å². The molecule has 7 nitrogen and oxygen atoms in total. The number of amides is 2. The second-order valence-corrected chi connectivity index (χ2v) is 11.3. The van der Waals surface area contributed by atoms with Crippen molar-refractivity contribution in [1.29, 1.82) is 0 Å². The van der Waals surface area contributed by atoms with Gasteiger partial charge in [0.05, 0.1) is 17.6 Å². The van der Waals surface area contributed by atoms with Crippen molar-refractivity contribution in [2.45, 2.75) is 38.9 Å². The Kier molecular flexibility index (Phi) is 9.16. The highest BCUT2D eigenvalue weighted by atomic mass is 16.2. The van der Waals surface area contributed by atoms with Crippen LogP contribution in [-0.4, -0.2) is 49.2 Å². The number of hydrogen-bond acceptors (Lipinski definition) is 5. The number of rotatable bonds is 9. The fourth-order valence-electron chi connectivity index (χ4n) is 5.66. The molecule has 45 heavy (non-hydrogen) atoms. The molecule has 224 valence electrons. The minimum Gasteiger partial charge on any atom is -0.336 e. The summed E-state index contributed by atoms with van der Waals surface area (Å²) in [4.78, 5) is 45.2. The Labute approximate surface area is 263 Å². The molecule has 5 aromatic rings. The molecule has 0 saturated heterocycles. The first-order chi connectivity index (χ1) is 22.0. The molecule has 0 spiro atoms. The molecule has 0 N–H and O–H groups in total. The van der Waals surface area contributed by atoms with Crippen molar-refractivity contribution in [2.75, 3.05) is 6.54 Å². The number of fused-ring (bicyclic) bond motifs is 1. The molecule has 2 amide bonds. The molecule has 0 fully saturated rings. The van der Waals surface area contributed by atoms with Gasteiger partial charge in [-0.2, -0.15) is 0 Å². The predicted molar refractivity (Wildman–Crippen MR) is 176 cm³/mol. The van der Waals surface area contributed by atoms with Crippen LogP contribution in [0.1, 0.15) is 33.5 Å². The molecule has 2 aromatic heterocycles. The van der Waals surface area contributed by atoms with E-state index in [1.165, 1.54) is 11.6 Å². The SMILES string of the molecule is Cc1ccc(/C=C/C(=O)N(Cc2ccc(-c3cnccn3)cc2)[C@@H](Cc2ccccc2)C(=O)N2CCc3ccccc3C2)nc1. The van der Waals surface area contributed by atoms with E-state index >= 15 is 0 Å². The van der Waals surface area contributed by atoms with Gasteiger partial charge in [0, 0.05) is 56.3 Å². The molecule has 1 atom stereocenters. The van der Waals surface area contributed by atoms with Gasteiger partial charge in [0.25, 0.3) is 0 Å². The molecule has 0 radical (unpaired) electrons. The number of benzene rings is 3. The Bertz CT molecular complexity index is 1770. The lowest BCUT2D eigenvalue weighted by molar-refractivity contribution is -0.144. The first-order valence-electron chi connectivity index (χ1n) is 15.2. The highest BCUT2D eigenvalue weighted by Gasteiger charge is 2.34. The summed E-state index contributed by atoms with van der Waals surface area (Å²) in [5.41, 5.74) is 7.75. The van der Waals surface area contributed by atoms with Crippen LogP contribution >= 0.6 is 0 Å². The number of aromatic nitrogens is 3. The van der Waals surface area contributed by atoms with Crippen LogP contribution in [0.2, 0.25) is 0 Å². The van der Waals surface area contributed by atoms with Gasteiger partial charge in [0.15, 0.2) is 0 Å². The third-order valence-electron chi connectivity index (χ3n) is 8.16. The Morgan fingerprint density at radius 2 is 1.62 bits per heavy atom. The van der Waals surface area contributed by atoms with E-state index in [0.717, 1.165) is 39.9 Å². The average Bonchev–Trinajstić information content (AvgIpc) is 3.10. The highest BCUT2D eigenvalue weighted by molar-refractivity contribution is 5.95. The van der Waals surface area contributed by atoms with E-state index < -0.39 is 6.04 Å². The molecule has 3 aromatic carbocycles. The van der Waals surface area contributed by atoms with Crippen LogP contribution in [0.25, 0.3) is 17.3 Å². The summed E-state index contributed by atoms with van der Waals surface area (Å²) in [6.45, 7) is 3.37. The third kappa shape index (κ3) is 7.39. The minimum atomic E-state index is -0.708. The highest BCUT2D eigenvalue weighted by Crippen LogP contribution is 2.24. The molecule has 6 rings (SSSR count). The van der Waals surface area contributed by atoms with Crippen molar-refractivity contribution >= 4 is 17.9 Å². The van der Waals surface area contributed by atoms with Crippen LogP contribution in [0.15, 0.2) is 122 Å². The average molecular weight is 594 g/mol. The standard InChI is InChI=1S/C38H35N5O2/c1-28-11-16-34(41-24-28)17-18-37(44)43(26-30-12-14-32(15-13-30)35-25-39-20-21-40-35)36(23-29-7-3-2-4-8-29)38(45)42-22-19-31-9-5-6-10-33(31)27-42/h2-18,20-21,24-25,36H,19,22-23,26-27H2,1H3/b18-17+/t36-/m0/s1. The second-order valence-electron chi connectivity index (χ2n) is 11.3. The molecular formula is C38H35N5O2. The smallest absolute Gasteiger partial charge is 0.247 e. The van der Waals surface area contributed by atoms with Crippen molar-refractivity contribution in [2.24, 2.45) is 0 Å². The van der Waals surface area contributed by atoms with Gasteiger partial charge in [-0.1, -0.05) is 84.9 Å². The summed E-state index contributed by atoms with van der Waals surface area (Å²) >= 11 is 0. The van der Waals surface area contributed by atoms with Gasteiger partial charge in [-0.3, -0.25) is 24.5 Å².